The minimum Gasteiger partial charge on any atom is -0.469 e. The number of aliphatic hydroxyl groups excluding tert-OH is 1. The van der Waals surface area contributed by atoms with Gasteiger partial charge in [0.15, 0.2) is 0 Å². The first-order valence-corrected chi connectivity index (χ1v) is 8.45. The fourth-order valence-electron chi connectivity index (χ4n) is 2.40. The van der Waals surface area contributed by atoms with Crippen LogP contribution in [0.5, 0.6) is 0 Å². The lowest BCUT2D eigenvalue weighted by molar-refractivity contribution is -0.140. The highest BCUT2D eigenvalue weighted by atomic mass is 16.5. The molecular weight excluding hydrogens is 252 g/mol. The maximum absolute atomic E-state index is 10.9. The number of carbonyl (C=O) groups excluding carboxylic acids is 1. The number of hydrogen-bond donors (Lipinski definition) is 1. The quantitative estimate of drug-likeness (QED) is 0.374. The topological polar surface area (TPSA) is 46.5 Å². The molecule has 1 N–H and O–H groups in total. The second-order valence-electron chi connectivity index (χ2n) is 5.74. The highest BCUT2D eigenvalue weighted by molar-refractivity contribution is 5.68. The molecule has 0 saturated carbocycles. The third-order valence-corrected chi connectivity index (χ3v) is 3.79. The van der Waals surface area contributed by atoms with Gasteiger partial charge >= 0.3 is 5.97 Å². The Balaban J connectivity index is 3.11. The summed E-state index contributed by atoms with van der Waals surface area (Å²) >= 11 is 0. The molecule has 1 atom stereocenters. The maximum atomic E-state index is 10.9. The standard InChI is InChI=1S/C17H34O3/c1-3-4-13-16(18)14-11-9-7-5-6-8-10-12-15-17(19)20-2/h16,18H,3-15H2,1-2H3/t16-/m0/s1. The molecule has 20 heavy (non-hydrogen) atoms. The SMILES string of the molecule is CCCC[C@H](O)CCCCCCCCCCC(=O)OC. The third-order valence-electron chi connectivity index (χ3n) is 3.79. The Morgan fingerprint density at radius 3 is 1.95 bits per heavy atom. The van der Waals surface area contributed by atoms with E-state index < -0.39 is 0 Å². The smallest absolute Gasteiger partial charge is 0.305 e. The van der Waals surface area contributed by atoms with Gasteiger partial charge in [0.2, 0.25) is 0 Å². The first-order chi connectivity index (χ1) is 9.70. The van der Waals surface area contributed by atoms with Gasteiger partial charge in [-0.3, -0.25) is 4.79 Å². The Morgan fingerprint density at radius 2 is 1.40 bits per heavy atom. The van der Waals surface area contributed by atoms with Crippen LogP contribution in [0.3, 0.4) is 0 Å². The molecule has 0 aliphatic rings. The highest BCUT2D eigenvalue weighted by Gasteiger charge is 2.02. The van der Waals surface area contributed by atoms with Crippen LogP contribution in [0.25, 0.3) is 0 Å². The van der Waals surface area contributed by atoms with Gasteiger partial charge in [-0.25, -0.2) is 0 Å². The molecule has 0 aromatic rings. The number of hydrogen-bond acceptors (Lipinski definition) is 3. The van der Waals surface area contributed by atoms with Crippen molar-refractivity contribution in [1.82, 2.24) is 0 Å². The maximum Gasteiger partial charge on any atom is 0.305 e. The number of methoxy groups -OCH3 is 1. The number of esters is 1. The molecule has 0 fully saturated rings. The van der Waals surface area contributed by atoms with Crippen LogP contribution in [0.15, 0.2) is 0 Å². The summed E-state index contributed by atoms with van der Waals surface area (Å²) in [6, 6.07) is 0. The van der Waals surface area contributed by atoms with Crippen LogP contribution in [-0.4, -0.2) is 24.3 Å². The molecule has 0 unspecified atom stereocenters. The van der Waals surface area contributed by atoms with Crippen LogP contribution in [-0.2, 0) is 9.53 Å². The number of aliphatic hydroxyl groups is 1. The minimum absolute atomic E-state index is 0.0757. The van der Waals surface area contributed by atoms with Crippen molar-refractivity contribution < 1.29 is 14.6 Å². The fraction of sp³-hybridized carbons (Fsp3) is 0.941. The first-order valence-electron chi connectivity index (χ1n) is 8.45. The molecule has 0 amide bonds. The van der Waals surface area contributed by atoms with Crippen LogP contribution >= 0.6 is 0 Å². The number of ether oxygens (including phenoxy) is 1. The predicted octanol–water partition coefficient (Wildman–Crippen LogP) is 4.61. The van der Waals surface area contributed by atoms with E-state index >= 15 is 0 Å². The monoisotopic (exact) mass is 286 g/mol. The number of carbonyl (C=O) groups is 1. The summed E-state index contributed by atoms with van der Waals surface area (Å²) < 4.78 is 4.61. The van der Waals surface area contributed by atoms with Crippen molar-refractivity contribution in [2.75, 3.05) is 7.11 Å². The molecule has 0 rings (SSSR count). The molecule has 0 bridgehead atoms. The summed E-state index contributed by atoms with van der Waals surface area (Å²) in [6.45, 7) is 2.16. The van der Waals surface area contributed by atoms with E-state index in [-0.39, 0.29) is 12.1 Å². The van der Waals surface area contributed by atoms with Crippen molar-refractivity contribution in [2.24, 2.45) is 0 Å². The van der Waals surface area contributed by atoms with E-state index in [1.807, 2.05) is 0 Å². The second kappa shape index (κ2) is 14.8. The molecule has 0 aliphatic heterocycles. The third kappa shape index (κ3) is 13.9. The zero-order valence-electron chi connectivity index (χ0n) is 13.5. The average Bonchev–Trinajstić information content (AvgIpc) is 2.46. The fourth-order valence-corrected chi connectivity index (χ4v) is 2.40. The lowest BCUT2D eigenvalue weighted by Crippen LogP contribution is -2.05. The molecule has 0 saturated heterocycles. The van der Waals surface area contributed by atoms with Gasteiger partial charge < -0.3 is 9.84 Å². The van der Waals surface area contributed by atoms with Gasteiger partial charge in [-0.15, -0.1) is 0 Å². The lowest BCUT2D eigenvalue weighted by atomic mass is 10.0. The molecule has 0 aliphatic carbocycles. The Bertz CT molecular complexity index is 216. The Hall–Kier alpha value is -0.570. The van der Waals surface area contributed by atoms with Gasteiger partial charge in [0.05, 0.1) is 13.2 Å². The normalized spacial score (nSPS) is 12.3. The van der Waals surface area contributed by atoms with Crippen molar-refractivity contribution in [3.05, 3.63) is 0 Å². The molecule has 3 heteroatoms. The zero-order chi connectivity index (χ0) is 15.1. The molecule has 0 aromatic heterocycles. The summed E-state index contributed by atoms with van der Waals surface area (Å²) in [5.41, 5.74) is 0. The average molecular weight is 286 g/mol. The van der Waals surface area contributed by atoms with Crippen LogP contribution in [0, 0.1) is 0 Å². The van der Waals surface area contributed by atoms with Gasteiger partial charge in [-0.1, -0.05) is 64.7 Å². The molecular formula is C17H34O3. The van der Waals surface area contributed by atoms with E-state index in [0.29, 0.717) is 6.42 Å². The van der Waals surface area contributed by atoms with E-state index in [1.54, 1.807) is 0 Å². The number of unbranched alkanes of at least 4 members (excludes halogenated alkanes) is 8. The summed E-state index contributed by atoms with van der Waals surface area (Å²) in [4.78, 5) is 10.9. The van der Waals surface area contributed by atoms with Gasteiger partial charge in [-0.2, -0.15) is 0 Å². The van der Waals surface area contributed by atoms with Crippen LogP contribution in [0.2, 0.25) is 0 Å². The zero-order valence-corrected chi connectivity index (χ0v) is 13.5. The van der Waals surface area contributed by atoms with Crippen molar-refractivity contribution in [3.8, 4) is 0 Å². The summed E-state index contributed by atoms with van der Waals surface area (Å²) in [5.74, 6) is -0.0911. The van der Waals surface area contributed by atoms with Crippen molar-refractivity contribution in [3.63, 3.8) is 0 Å². The summed E-state index contributed by atoms with van der Waals surface area (Å²) in [5, 5.41) is 9.71. The summed E-state index contributed by atoms with van der Waals surface area (Å²) in [6.07, 6.45) is 14.3. The first kappa shape index (κ1) is 19.4. The van der Waals surface area contributed by atoms with E-state index in [9.17, 15) is 9.90 Å². The van der Waals surface area contributed by atoms with E-state index in [4.69, 9.17) is 0 Å². The van der Waals surface area contributed by atoms with Crippen LogP contribution < -0.4 is 0 Å². The van der Waals surface area contributed by atoms with Crippen molar-refractivity contribution in [2.45, 2.75) is 96.5 Å². The van der Waals surface area contributed by atoms with Gasteiger partial charge in [0.1, 0.15) is 0 Å². The lowest BCUT2D eigenvalue weighted by Gasteiger charge is -2.09. The highest BCUT2D eigenvalue weighted by Crippen LogP contribution is 2.13. The molecule has 0 aromatic carbocycles. The summed E-state index contributed by atoms with van der Waals surface area (Å²) in [7, 11) is 1.45. The molecule has 0 spiro atoms. The van der Waals surface area contributed by atoms with E-state index in [1.165, 1.54) is 45.6 Å². The minimum atomic E-state index is -0.0911. The molecule has 0 heterocycles. The van der Waals surface area contributed by atoms with Gasteiger partial charge in [-0.05, 0) is 19.3 Å². The Labute approximate surface area is 125 Å². The number of rotatable bonds is 14. The van der Waals surface area contributed by atoms with E-state index in [2.05, 4.69) is 11.7 Å². The Morgan fingerprint density at radius 1 is 0.900 bits per heavy atom. The van der Waals surface area contributed by atoms with Gasteiger partial charge in [0, 0.05) is 6.42 Å². The van der Waals surface area contributed by atoms with Crippen molar-refractivity contribution in [1.29, 1.82) is 0 Å². The largest absolute Gasteiger partial charge is 0.469 e. The van der Waals surface area contributed by atoms with Crippen molar-refractivity contribution >= 4 is 5.97 Å². The molecule has 0 radical (unpaired) electrons. The van der Waals surface area contributed by atoms with E-state index in [0.717, 1.165) is 38.5 Å². The Kier molecular flexibility index (Phi) is 14.4. The predicted molar refractivity (Wildman–Crippen MR) is 83.7 cm³/mol. The molecule has 3 nitrogen and oxygen atoms in total. The van der Waals surface area contributed by atoms with Crippen LogP contribution in [0.4, 0.5) is 0 Å². The second-order valence-corrected chi connectivity index (χ2v) is 5.74. The molecule has 120 valence electrons. The van der Waals surface area contributed by atoms with Gasteiger partial charge in [0.25, 0.3) is 0 Å². The van der Waals surface area contributed by atoms with Crippen LogP contribution in [0.1, 0.15) is 90.4 Å².